The molecule has 2 atom stereocenters. The average Bonchev–Trinajstić information content (AvgIpc) is 2.38. The van der Waals surface area contributed by atoms with Crippen LogP contribution in [0.15, 0.2) is 18.2 Å². The van der Waals surface area contributed by atoms with Crippen LogP contribution in [0.3, 0.4) is 0 Å². The number of rotatable bonds is 3. The van der Waals surface area contributed by atoms with Gasteiger partial charge in [0.05, 0.1) is 5.02 Å². The number of carbonyl (C=O) groups excluding carboxylic acids is 1. The summed E-state index contributed by atoms with van der Waals surface area (Å²) in [6, 6.07) is 4.04. The lowest BCUT2D eigenvalue weighted by Crippen LogP contribution is -2.27. The molecule has 0 saturated heterocycles. The van der Waals surface area contributed by atoms with Gasteiger partial charge in [0, 0.05) is 11.5 Å². The van der Waals surface area contributed by atoms with E-state index in [1.165, 1.54) is 24.6 Å². The minimum absolute atomic E-state index is 0.0618. The SMILES string of the molecule is CCC1CCCCC1C(=O)c1ccc(F)cc1Cl. The molecule has 0 heterocycles. The van der Waals surface area contributed by atoms with Crippen LogP contribution in [0, 0.1) is 17.7 Å². The lowest BCUT2D eigenvalue weighted by molar-refractivity contribution is 0.0820. The van der Waals surface area contributed by atoms with Gasteiger partial charge in [-0.2, -0.15) is 0 Å². The Morgan fingerprint density at radius 2 is 2.11 bits per heavy atom. The summed E-state index contributed by atoms with van der Waals surface area (Å²) < 4.78 is 13.0. The highest BCUT2D eigenvalue weighted by Gasteiger charge is 2.31. The molecule has 0 N–H and O–H groups in total. The molecule has 1 saturated carbocycles. The maximum Gasteiger partial charge on any atom is 0.167 e. The largest absolute Gasteiger partial charge is 0.294 e. The van der Waals surface area contributed by atoms with Gasteiger partial charge in [0.1, 0.15) is 5.82 Å². The summed E-state index contributed by atoms with van der Waals surface area (Å²) in [5.41, 5.74) is 0.475. The fraction of sp³-hybridized carbons (Fsp3) is 0.533. The third kappa shape index (κ3) is 2.74. The highest BCUT2D eigenvalue weighted by atomic mass is 35.5. The van der Waals surface area contributed by atoms with Gasteiger partial charge in [-0.15, -0.1) is 0 Å². The van der Waals surface area contributed by atoms with E-state index in [2.05, 4.69) is 6.92 Å². The molecule has 0 amide bonds. The van der Waals surface area contributed by atoms with Crippen LogP contribution >= 0.6 is 11.6 Å². The van der Waals surface area contributed by atoms with Gasteiger partial charge in [-0.25, -0.2) is 4.39 Å². The third-order valence-corrected chi connectivity index (χ3v) is 4.28. The summed E-state index contributed by atoms with van der Waals surface area (Å²) >= 11 is 5.97. The Morgan fingerprint density at radius 3 is 2.78 bits per heavy atom. The summed E-state index contributed by atoms with van der Waals surface area (Å²) in [4.78, 5) is 12.5. The van der Waals surface area contributed by atoms with Crippen molar-refractivity contribution in [1.82, 2.24) is 0 Å². The number of hydrogen-bond acceptors (Lipinski definition) is 1. The van der Waals surface area contributed by atoms with E-state index < -0.39 is 5.82 Å². The van der Waals surface area contributed by atoms with Crippen LogP contribution in [0.2, 0.25) is 5.02 Å². The zero-order valence-electron chi connectivity index (χ0n) is 10.6. The monoisotopic (exact) mass is 268 g/mol. The lowest BCUT2D eigenvalue weighted by atomic mass is 9.74. The first kappa shape index (κ1) is 13.5. The first-order valence-corrected chi connectivity index (χ1v) is 7.00. The van der Waals surface area contributed by atoms with Crippen LogP contribution in [0.5, 0.6) is 0 Å². The summed E-state index contributed by atoms with van der Waals surface area (Å²) in [5.74, 6) is 0.206. The predicted octanol–water partition coefficient (Wildman–Crippen LogP) is 4.88. The van der Waals surface area contributed by atoms with Crippen LogP contribution in [0.25, 0.3) is 0 Å². The van der Waals surface area contributed by atoms with Crippen molar-refractivity contribution in [2.24, 2.45) is 11.8 Å². The molecule has 0 aromatic heterocycles. The quantitative estimate of drug-likeness (QED) is 0.714. The van der Waals surface area contributed by atoms with E-state index in [9.17, 15) is 9.18 Å². The predicted molar refractivity (Wildman–Crippen MR) is 71.5 cm³/mol. The Bertz CT molecular complexity index is 444. The summed E-state index contributed by atoms with van der Waals surface area (Å²) in [6.07, 6.45) is 5.39. The standard InChI is InChI=1S/C15H18ClFO/c1-2-10-5-3-4-6-12(10)15(18)13-8-7-11(17)9-14(13)16/h7-10,12H,2-6H2,1H3. The number of ketones is 1. The van der Waals surface area contributed by atoms with Gasteiger partial charge in [-0.1, -0.05) is 37.8 Å². The molecule has 1 aliphatic carbocycles. The van der Waals surface area contributed by atoms with Crippen LogP contribution in [-0.2, 0) is 0 Å². The van der Waals surface area contributed by atoms with E-state index in [1.807, 2.05) is 0 Å². The molecule has 98 valence electrons. The van der Waals surface area contributed by atoms with E-state index in [4.69, 9.17) is 11.6 Å². The highest BCUT2D eigenvalue weighted by Crippen LogP contribution is 2.35. The van der Waals surface area contributed by atoms with Crippen molar-refractivity contribution in [2.75, 3.05) is 0 Å². The van der Waals surface area contributed by atoms with E-state index in [1.54, 1.807) is 0 Å². The van der Waals surface area contributed by atoms with Crippen molar-refractivity contribution in [3.63, 3.8) is 0 Å². The second-order valence-corrected chi connectivity index (χ2v) is 5.45. The van der Waals surface area contributed by atoms with Crippen LogP contribution < -0.4 is 0 Å². The van der Waals surface area contributed by atoms with Crippen LogP contribution in [0.4, 0.5) is 4.39 Å². The van der Waals surface area contributed by atoms with Crippen molar-refractivity contribution >= 4 is 17.4 Å². The molecule has 0 radical (unpaired) electrons. The minimum Gasteiger partial charge on any atom is -0.294 e. The Kier molecular flexibility index (Phi) is 4.39. The lowest BCUT2D eigenvalue weighted by Gasteiger charge is -2.29. The molecule has 0 spiro atoms. The summed E-state index contributed by atoms with van der Waals surface area (Å²) in [7, 11) is 0. The Morgan fingerprint density at radius 1 is 1.39 bits per heavy atom. The fourth-order valence-electron chi connectivity index (χ4n) is 2.93. The number of Topliss-reactive ketones (excluding diaryl/α,β-unsaturated/α-hetero) is 1. The first-order valence-electron chi connectivity index (χ1n) is 6.62. The second kappa shape index (κ2) is 5.83. The maximum atomic E-state index is 13.0. The van der Waals surface area contributed by atoms with Crippen molar-refractivity contribution in [3.05, 3.63) is 34.6 Å². The van der Waals surface area contributed by atoms with Gasteiger partial charge < -0.3 is 0 Å². The molecular formula is C15H18ClFO. The van der Waals surface area contributed by atoms with Crippen molar-refractivity contribution in [2.45, 2.75) is 39.0 Å². The molecule has 1 fully saturated rings. The summed E-state index contributed by atoms with van der Waals surface area (Å²) in [6.45, 7) is 2.13. The fourth-order valence-corrected chi connectivity index (χ4v) is 3.19. The topological polar surface area (TPSA) is 17.1 Å². The van der Waals surface area contributed by atoms with Gasteiger partial charge in [0.2, 0.25) is 0 Å². The number of halogens is 2. The molecule has 1 aliphatic rings. The number of carbonyl (C=O) groups is 1. The molecule has 2 rings (SSSR count). The highest BCUT2D eigenvalue weighted by molar-refractivity contribution is 6.34. The van der Waals surface area contributed by atoms with Gasteiger partial charge in [0.15, 0.2) is 5.78 Å². The van der Waals surface area contributed by atoms with Crippen LogP contribution in [0.1, 0.15) is 49.4 Å². The normalized spacial score (nSPS) is 23.9. The first-order chi connectivity index (χ1) is 8.63. The molecule has 1 aromatic rings. The van der Waals surface area contributed by atoms with Crippen molar-refractivity contribution in [1.29, 1.82) is 0 Å². The molecule has 1 aromatic carbocycles. The average molecular weight is 269 g/mol. The second-order valence-electron chi connectivity index (χ2n) is 5.05. The van der Waals surface area contributed by atoms with Crippen LogP contribution in [-0.4, -0.2) is 5.78 Å². The molecule has 3 heteroatoms. The number of benzene rings is 1. The van der Waals surface area contributed by atoms with Crippen molar-refractivity contribution in [3.8, 4) is 0 Å². The van der Waals surface area contributed by atoms with Gasteiger partial charge in [-0.3, -0.25) is 4.79 Å². The zero-order chi connectivity index (χ0) is 13.1. The molecule has 0 bridgehead atoms. The van der Waals surface area contributed by atoms with Crippen molar-refractivity contribution < 1.29 is 9.18 Å². The maximum absolute atomic E-state index is 13.0. The molecule has 18 heavy (non-hydrogen) atoms. The van der Waals surface area contributed by atoms with Gasteiger partial charge in [-0.05, 0) is 37.0 Å². The van der Waals surface area contributed by atoms with Gasteiger partial charge >= 0.3 is 0 Å². The summed E-state index contributed by atoms with van der Waals surface area (Å²) in [5, 5.41) is 0.237. The zero-order valence-corrected chi connectivity index (χ0v) is 11.3. The van der Waals surface area contributed by atoms with E-state index in [0.29, 0.717) is 11.5 Å². The number of hydrogen-bond donors (Lipinski definition) is 0. The molecular weight excluding hydrogens is 251 g/mol. The van der Waals surface area contributed by atoms with E-state index >= 15 is 0 Å². The Hall–Kier alpha value is -0.890. The Balaban J connectivity index is 2.24. The van der Waals surface area contributed by atoms with Gasteiger partial charge in [0.25, 0.3) is 0 Å². The minimum atomic E-state index is -0.396. The Labute approximate surface area is 112 Å². The molecule has 1 nitrogen and oxygen atoms in total. The van der Waals surface area contributed by atoms with E-state index in [0.717, 1.165) is 25.7 Å². The molecule has 0 aliphatic heterocycles. The third-order valence-electron chi connectivity index (χ3n) is 3.97. The van der Waals surface area contributed by atoms with E-state index in [-0.39, 0.29) is 16.7 Å². The molecule has 2 unspecified atom stereocenters. The smallest absolute Gasteiger partial charge is 0.167 e.